The van der Waals surface area contributed by atoms with Gasteiger partial charge in [0, 0.05) is 45.8 Å². The molecule has 0 aliphatic carbocycles. The number of carbonyl (C=O) groups is 2. The van der Waals surface area contributed by atoms with Crippen molar-refractivity contribution in [2.75, 3.05) is 32.7 Å². The molecule has 1 rings (SSSR count). The molecule has 1 aliphatic rings. The highest BCUT2D eigenvalue weighted by Gasteiger charge is 2.18. The van der Waals surface area contributed by atoms with Crippen molar-refractivity contribution in [3.05, 3.63) is 11.8 Å². The molecule has 110 valence electrons. The highest BCUT2D eigenvalue weighted by atomic mass is 16.2. The van der Waals surface area contributed by atoms with Crippen molar-refractivity contribution in [2.24, 2.45) is 5.92 Å². The molecule has 0 unspecified atom stereocenters. The smallest absolute Gasteiger partial charge is 0.263 e. The van der Waals surface area contributed by atoms with E-state index in [1.165, 1.54) is 0 Å². The number of hydrogen-bond acceptors (Lipinski definition) is 4. The minimum absolute atomic E-state index is 0.0591. The van der Waals surface area contributed by atoms with Crippen LogP contribution in [0.25, 0.3) is 0 Å². The Hall–Kier alpha value is -2.03. The fourth-order valence-corrected chi connectivity index (χ4v) is 1.88. The van der Waals surface area contributed by atoms with Gasteiger partial charge in [-0.25, -0.2) is 0 Å². The van der Waals surface area contributed by atoms with Crippen LogP contribution in [0.4, 0.5) is 0 Å². The number of amides is 2. The summed E-state index contributed by atoms with van der Waals surface area (Å²) in [6.45, 7) is 8.62. The lowest BCUT2D eigenvalue weighted by atomic mass is 10.2. The van der Waals surface area contributed by atoms with E-state index in [1.54, 1.807) is 18.0 Å². The van der Waals surface area contributed by atoms with E-state index in [-0.39, 0.29) is 17.4 Å². The Bertz CT molecular complexity index is 429. The molecule has 0 radical (unpaired) electrons. The molecule has 6 heteroatoms. The van der Waals surface area contributed by atoms with Gasteiger partial charge in [-0.3, -0.25) is 9.59 Å². The van der Waals surface area contributed by atoms with E-state index in [9.17, 15) is 9.59 Å². The highest BCUT2D eigenvalue weighted by Crippen LogP contribution is 2.05. The van der Waals surface area contributed by atoms with Crippen LogP contribution >= 0.6 is 0 Å². The molecular formula is C14H22N4O2. The van der Waals surface area contributed by atoms with E-state index in [0.717, 1.165) is 0 Å². The van der Waals surface area contributed by atoms with Crippen molar-refractivity contribution in [3.63, 3.8) is 0 Å². The minimum atomic E-state index is -0.338. The summed E-state index contributed by atoms with van der Waals surface area (Å²) in [5.41, 5.74) is 0.113. The van der Waals surface area contributed by atoms with Crippen LogP contribution in [0.15, 0.2) is 11.8 Å². The first-order chi connectivity index (χ1) is 9.43. The molecule has 0 aromatic heterocycles. The zero-order valence-electron chi connectivity index (χ0n) is 12.3. The Balaban J connectivity index is 2.56. The molecule has 0 atom stereocenters. The lowest BCUT2D eigenvalue weighted by Gasteiger charge is -2.33. The fraction of sp³-hybridized carbons (Fsp3) is 0.643. The SMILES string of the molecule is CC(=O)N1CCN(/C=C(/C#N)C(=O)NCC(C)C)CC1. The van der Waals surface area contributed by atoms with E-state index in [1.807, 2.05) is 24.8 Å². The van der Waals surface area contributed by atoms with E-state index in [0.29, 0.717) is 38.6 Å². The number of piperazine rings is 1. The van der Waals surface area contributed by atoms with Crippen LogP contribution < -0.4 is 5.32 Å². The molecule has 1 aliphatic heterocycles. The first-order valence-electron chi connectivity index (χ1n) is 6.83. The zero-order valence-corrected chi connectivity index (χ0v) is 12.3. The lowest BCUT2D eigenvalue weighted by molar-refractivity contribution is -0.130. The number of nitrogens with one attached hydrogen (secondary N) is 1. The molecule has 1 saturated heterocycles. The monoisotopic (exact) mass is 278 g/mol. The molecule has 0 saturated carbocycles. The standard InChI is InChI=1S/C14H22N4O2/c1-11(2)9-16-14(20)13(8-15)10-17-4-6-18(7-5-17)12(3)19/h10-11H,4-7,9H2,1-3H3,(H,16,20)/b13-10-. The minimum Gasteiger partial charge on any atom is -0.373 e. The van der Waals surface area contributed by atoms with Gasteiger partial charge in [0.25, 0.3) is 5.91 Å². The number of carbonyl (C=O) groups excluding carboxylic acids is 2. The van der Waals surface area contributed by atoms with Crippen LogP contribution in [0.1, 0.15) is 20.8 Å². The van der Waals surface area contributed by atoms with Gasteiger partial charge in [-0.05, 0) is 5.92 Å². The second kappa shape index (κ2) is 7.53. The maximum absolute atomic E-state index is 11.8. The predicted octanol–water partition coefficient (Wildman–Crippen LogP) is 0.330. The molecule has 0 spiro atoms. The number of hydrogen-bond donors (Lipinski definition) is 1. The average molecular weight is 278 g/mol. The highest BCUT2D eigenvalue weighted by molar-refractivity contribution is 5.97. The summed E-state index contributed by atoms with van der Waals surface area (Å²) in [6.07, 6.45) is 1.59. The van der Waals surface area contributed by atoms with Gasteiger partial charge in [0.15, 0.2) is 0 Å². The van der Waals surface area contributed by atoms with Crippen LogP contribution in [0, 0.1) is 17.2 Å². The van der Waals surface area contributed by atoms with Crippen molar-refractivity contribution in [3.8, 4) is 6.07 Å². The van der Waals surface area contributed by atoms with Gasteiger partial charge in [0.2, 0.25) is 5.91 Å². The van der Waals surface area contributed by atoms with Crippen molar-refractivity contribution in [1.82, 2.24) is 15.1 Å². The molecule has 20 heavy (non-hydrogen) atoms. The van der Waals surface area contributed by atoms with Gasteiger partial charge in [-0.1, -0.05) is 13.8 Å². The number of nitriles is 1. The van der Waals surface area contributed by atoms with Crippen LogP contribution in [0.5, 0.6) is 0 Å². The first-order valence-corrected chi connectivity index (χ1v) is 6.83. The van der Waals surface area contributed by atoms with Gasteiger partial charge >= 0.3 is 0 Å². The van der Waals surface area contributed by atoms with E-state index >= 15 is 0 Å². The molecule has 1 fully saturated rings. The maximum atomic E-state index is 11.8. The number of rotatable bonds is 4. The summed E-state index contributed by atoms with van der Waals surface area (Å²) >= 11 is 0. The Morgan fingerprint density at radius 1 is 1.30 bits per heavy atom. The van der Waals surface area contributed by atoms with Crippen LogP contribution in [0.3, 0.4) is 0 Å². The Morgan fingerprint density at radius 3 is 2.35 bits per heavy atom. The van der Waals surface area contributed by atoms with Crippen LogP contribution in [0.2, 0.25) is 0 Å². The van der Waals surface area contributed by atoms with Crippen molar-refractivity contribution < 1.29 is 9.59 Å². The summed E-state index contributed by atoms with van der Waals surface area (Å²) in [4.78, 5) is 26.7. The van der Waals surface area contributed by atoms with Crippen molar-refractivity contribution >= 4 is 11.8 Å². The molecule has 0 aromatic carbocycles. The molecule has 2 amide bonds. The van der Waals surface area contributed by atoms with Crippen molar-refractivity contribution in [1.29, 1.82) is 5.26 Å². The third-order valence-electron chi connectivity index (χ3n) is 3.11. The predicted molar refractivity (Wildman–Crippen MR) is 75.4 cm³/mol. The quantitative estimate of drug-likeness (QED) is 0.594. The summed E-state index contributed by atoms with van der Waals surface area (Å²) in [5, 5.41) is 11.8. The summed E-state index contributed by atoms with van der Waals surface area (Å²) in [6, 6.07) is 1.93. The van der Waals surface area contributed by atoms with Gasteiger partial charge < -0.3 is 15.1 Å². The lowest BCUT2D eigenvalue weighted by Crippen LogP contribution is -2.46. The van der Waals surface area contributed by atoms with E-state index in [4.69, 9.17) is 5.26 Å². The van der Waals surface area contributed by atoms with Gasteiger partial charge in [-0.2, -0.15) is 5.26 Å². The summed E-state index contributed by atoms with van der Waals surface area (Å²) in [7, 11) is 0. The van der Waals surface area contributed by atoms with Gasteiger partial charge in [0.1, 0.15) is 11.6 Å². The number of nitrogens with zero attached hydrogens (tertiary/aromatic N) is 3. The first kappa shape index (κ1) is 16.0. The normalized spacial score (nSPS) is 16.1. The van der Waals surface area contributed by atoms with Gasteiger partial charge in [0.05, 0.1) is 0 Å². The second-order valence-corrected chi connectivity index (χ2v) is 5.30. The summed E-state index contributed by atoms with van der Waals surface area (Å²) < 4.78 is 0. The third-order valence-corrected chi connectivity index (χ3v) is 3.11. The van der Waals surface area contributed by atoms with Crippen molar-refractivity contribution in [2.45, 2.75) is 20.8 Å². The molecular weight excluding hydrogens is 256 g/mol. The summed E-state index contributed by atoms with van der Waals surface area (Å²) in [5.74, 6) is 0.0667. The van der Waals surface area contributed by atoms with Crippen LogP contribution in [-0.4, -0.2) is 54.3 Å². The molecule has 6 nitrogen and oxygen atoms in total. The Kier molecular flexibility index (Phi) is 6.04. The van der Waals surface area contributed by atoms with Crippen LogP contribution in [-0.2, 0) is 9.59 Å². The Labute approximate surface area is 120 Å². The fourth-order valence-electron chi connectivity index (χ4n) is 1.88. The second-order valence-electron chi connectivity index (χ2n) is 5.30. The average Bonchev–Trinajstić information content (AvgIpc) is 2.42. The topological polar surface area (TPSA) is 76.4 Å². The van der Waals surface area contributed by atoms with E-state index < -0.39 is 0 Å². The molecule has 1 N–H and O–H groups in total. The largest absolute Gasteiger partial charge is 0.373 e. The molecule has 0 bridgehead atoms. The zero-order chi connectivity index (χ0) is 15.1. The molecule has 0 aromatic rings. The van der Waals surface area contributed by atoms with Gasteiger partial charge in [-0.15, -0.1) is 0 Å². The Morgan fingerprint density at radius 2 is 1.90 bits per heavy atom. The third kappa shape index (κ3) is 4.92. The molecule has 1 heterocycles. The maximum Gasteiger partial charge on any atom is 0.263 e. The van der Waals surface area contributed by atoms with E-state index in [2.05, 4.69) is 5.32 Å².